The number of aromatic amines is 1. The van der Waals surface area contributed by atoms with E-state index in [1.54, 1.807) is 0 Å². The lowest BCUT2D eigenvalue weighted by Crippen LogP contribution is -2.06. The molecule has 1 heterocycles. The van der Waals surface area contributed by atoms with Crippen molar-refractivity contribution >= 4 is 12.2 Å². The van der Waals surface area contributed by atoms with E-state index >= 15 is 0 Å². The van der Waals surface area contributed by atoms with Crippen LogP contribution in [0.4, 0.5) is 17.6 Å². The second-order valence-corrected chi connectivity index (χ2v) is 4.41. The van der Waals surface area contributed by atoms with Crippen LogP contribution in [0.2, 0.25) is 0 Å². The summed E-state index contributed by atoms with van der Waals surface area (Å²) < 4.78 is 56.9. The summed E-state index contributed by atoms with van der Waals surface area (Å²) in [5.74, 6) is -0.806. The van der Waals surface area contributed by atoms with Gasteiger partial charge in [0.15, 0.2) is 11.6 Å². The van der Waals surface area contributed by atoms with Gasteiger partial charge >= 0.3 is 6.18 Å². The highest BCUT2D eigenvalue weighted by Crippen LogP contribution is 2.33. The van der Waals surface area contributed by atoms with Gasteiger partial charge in [0.25, 0.3) is 0 Å². The van der Waals surface area contributed by atoms with Crippen LogP contribution in [0, 0.1) is 10.5 Å². The SMILES string of the molecule is COc1cccc(-c2cc(C(F)(F)F)cc(=S)[nH]2)c1F. The molecule has 2 nitrogen and oxygen atoms in total. The monoisotopic (exact) mass is 303 g/mol. The average Bonchev–Trinajstić information content (AvgIpc) is 2.37. The molecule has 0 atom stereocenters. The molecule has 1 aromatic heterocycles. The second-order valence-electron chi connectivity index (χ2n) is 3.97. The zero-order chi connectivity index (χ0) is 14.9. The largest absolute Gasteiger partial charge is 0.494 e. The average molecular weight is 303 g/mol. The first kappa shape index (κ1) is 14.5. The number of nitrogens with one attached hydrogen (secondary N) is 1. The third-order valence-electron chi connectivity index (χ3n) is 2.65. The summed E-state index contributed by atoms with van der Waals surface area (Å²) in [6, 6.07) is 5.80. The van der Waals surface area contributed by atoms with Crippen LogP contribution in [0.15, 0.2) is 30.3 Å². The molecule has 0 unspecified atom stereocenters. The molecule has 0 amide bonds. The zero-order valence-electron chi connectivity index (χ0n) is 10.2. The molecule has 1 aromatic carbocycles. The normalized spacial score (nSPS) is 11.4. The Bertz CT molecular complexity index is 694. The molecular formula is C13H9F4NOS. The molecule has 0 saturated heterocycles. The highest BCUT2D eigenvalue weighted by molar-refractivity contribution is 7.71. The highest BCUT2D eigenvalue weighted by Gasteiger charge is 2.31. The molecule has 1 N–H and O–H groups in total. The molecular weight excluding hydrogens is 294 g/mol. The van der Waals surface area contributed by atoms with Gasteiger partial charge in [-0.15, -0.1) is 0 Å². The fourth-order valence-electron chi connectivity index (χ4n) is 1.73. The maximum atomic E-state index is 14.1. The van der Waals surface area contributed by atoms with Crippen molar-refractivity contribution in [2.75, 3.05) is 7.11 Å². The molecule has 0 aliphatic carbocycles. The van der Waals surface area contributed by atoms with Crippen molar-refractivity contribution in [1.29, 1.82) is 0 Å². The summed E-state index contributed by atoms with van der Waals surface area (Å²) in [5.41, 5.74) is -1.03. The van der Waals surface area contributed by atoms with Crippen molar-refractivity contribution in [1.82, 2.24) is 4.98 Å². The molecule has 20 heavy (non-hydrogen) atoms. The number of hydrogen-bond acceptors (Lipinski definition) is 2. The van der Waals surface area contributed by atoms with Crippen molar-refractivity contribution in [2.45, 2.75) is 6.18 Å². The predicted octanol–water partition coefficient (Wildman–Crippen LogP) is 4.58. The quantitative estimate of drug-likeness (QED) is 0.649. The predicted molar refractivity (Wildman–Crippen MR) is 68.6 cm³/mol. The Kier molecular flexibility index (Phi) is 3.80. The molecule has 2 aromatic rings. The summed E-state index contributed by atoms with van der Waals surface area (Å²) in [6.45, 7) is 0. The summed E-state index contributed by atoms with van der Waals surface area (Å²) >= 11 is 4.75. The van der Waals surface area contributed by atoms with Gasteiger partial charge in [0, 0.05) is 5.56 Å². The molecule has 0 fully saturated rings. The van der Waals surface area contributed by atoms with Gasteiger partial charge in [-0.05, 0) is 24.3 Å². The van der Waals surface area contributed by atoms with Gasteiger partial charge in [-0.3, -0.25) is 0 Å². The maximum Gasteiger partial charge on any atom is 0.416 e. The Balaban J connectivity index is 2.65. The number of hydrogen-bond donors (Lipinski definition) is 1. The van der Waals surface area contributed by atoms with E-state index in [4.69, 9.17) is 17.0 Å². The lowest BCUT2D eigenvalue weighted by atomic mass is 10.1. The van der Waals surface area contributed by atoms with E-state index in [-0.39, 0.29) is 21.6 Å². The number of benzene rings is 1. The molecule has 0 bridgehead atoms. The van der Waals surface area contributed by atoms with E-state index < -0.39 is 17.6 Å². The first-order valence-corrected chi connectivity index (χ1v) is 5.88. The van der Waals surface area contributed by atoms with Gasteiger partial charge < -0.3 is 9.72 Å². The molecule has 0 saturated carbocycles. The minimum atomic E-state index is -4.55. The number of halogens is 4. The van der Waals surface area contributed by atoms with Gasteiger partial charge in [-0.1, -0.05) is 18.3 Å². The Morgan fingerprint density at radius 1 is 1.20 bits per heavy atom. The van der Waals surface area contributed by atoms with Crippen molar-refractivity contribution in [3.63, 3.8) is 0 Å². The topological polar surface area (TPSA) is 25.0 Å². The lowest BCUT2D eigenvalue weighted by Gasteiger charge is -2.11. The van der Waals surface area contributed by atoms with Gasteiger partial charge in [-0.25, -0.2) is 4.39 Å². The molecule has 0 aliphatic rings. The Labute approximate surface area is 117 Å². The molecule has 7 heteroatoms. The molecule has 0 radical (unpaired) electrons. The Morgan fingerprint density at radius 3 is 2.50 bits per heavy atom. The highest BCUT2D eigenvalue weighted by atomic mass is 32.1. The first-order chi connectivity index (χ1) is 9.32. The van der Waals surface area contributed by atoms with Crippen LogP contribution in [-0.2, 0) is 6.18 Å². The number of rotatable bonds is 2. The number of methoxy groups -OCH3 is 1. The Morgan fingerprint density at radius 2 is 1.90 bits per heavy atom. The molecule has 0 spiro atoms. The number of ether oxygens (including phenoxy) is 1. The fourth-order valence-corrected chi connectivity index (χ4v) is 1.97. The third-order valence-corrected chi connectivity index (χ3v) is 2.86. The van der Waals surface area contributed by atoms with Gasteiger partial charge in [0.2, 0.25) is 0 Å². The summed E-state index contributed by atoms with van der Waals surface area (Å²) in [7, 11) is 1.27. The first-order valence-electron chi connectivity index (χ1n) is 5.47. The smallest absolute Gasteiger partial charge is 0.416 e. The molecule has 2 rings (SSSR count). The number of aromatic nitrogens is 1. The van der Waals surface area contributed by atoms with Gasteiger partial charge in [-0.2, -0.15) is 13.2 Å². The molecule has 0 aliphatic heterocycles. The summed E-state index contributed by atoms with van der Waals surface area (Å²) in [6.07, 6.45) is -4.55. The zero-order valence-corrected chi connectivity index (χ0v) is 11.0. The third kappa shape index (κ3) is 2.82. The standard InChI is InChI=1S/C13H9F4NOS/c1-19-10-4-2-3-8(12(10)14)9-5-7(13(15,16)17)6-11(20)18-9/h2-6H,1H3,(H,18,20). The van der Waals surface area contributed by atoms with Crippen LogP contribution in [0.5, 0.6) is 5.75 Å². The minimum Gasteiger partial charge on any atom is -0.494 e. The van der Waals surface area contributed by atoms with Crippen molar-refractivity contribution in [3.8, 4) is 17.0 Å². The van der Waals surface area contributed by atoms with E-state index in [0.29, 0.717) is 0 Å². The lowest BCUT2D eigenvalue weighted by molar-refractivity contribution is -0.137. The van der Waals surface area contributed by atoms with E-state index in [1.807, 2.05) is 0 Å². The maximum absolute atomic E-state index is 14.1. The number of pyridine rings is 1. The van der Waals surface area contributed by atoms with E-state index in [0.717, 1.165) is 12.1 Å². The van der Waals surface area contributed by atoms with Crippen LogP contribution in [-0.4, -0.2) is 12.1 Å². The van der Waals surface area contributed by atoms with Gasteiger partial charge in [0.05, 0.1) is 18.4 Å². The van der Waals surface area contributed by atoms with Crippen LogP contribution >= 0.6 is 12.2 Å². The fraction of sp³-hybridized carbons (Fsp3) is 0.154. The second kappa shape index (κ2) is 5.24. The number of alkyl halides is 3. The van der Waals surface area contributed by atoms with Crippen molar-refractivity contribution in [3.05, 3.63) is 46.4 Å². The summed E-state index contributed by atoms with van der Waals surface area (Å²) in [4.78, 5) is 2.55. The number of H-pyrrole nitrogens is 1. The van der Waals surface area contributed by atoms with Crippen LogP contribution in [0.1, 0.15) is 5.56 Å². The van der Waals surface area contributed by atoms with Crippen LogP contribution in [0.25, 0.3) is 11.3 Å². The summed E-state index contributed by atoms with van der Waals surface area (Å²) in [5, 5.41) is 0. The van der Waals surface area contributed by atoms with Crippen LogP contribution in [0.3, 0.4) is 0 Å². The molecule has 106 valence electrons. The van der Waals surface area contributed by atoms with Crippen LogP contribution < -0.4 is 4.74 Å². The van der Waals surface area contributed by atoms with E-state index in [1.165, 1.54) is 25.3 Å². The van der Waals surface area contributed by atoms with Crippen molar-refractivity contribution < 1.29 is 22.3 Å². The van der Waals surface area contributed by atoms with Crippen molar-refractivity contribution in [2.24, 2.45) is 0 Å². The van der Waals surface area contributed by atoms with E-state index in [2.05, 4.69) is 4.98 Å². The van der Waals surface area contributed by atoms with E-state index in [9.17, 15) is 17.6 Å². The Hall–Kier alpha value is -1.89. The van der Waals surface area contributed by atoms with Gasteiger partial charge in [0.1, 0.15) is 4.64 Å². The minimum absolute atomic E-state index is 0.0402.